The Morgan fingerprint density at radius 1 is 1.53 bits per heavy atom. The van der Waals surface area contributed by atoms with Crippen molar-refractivity contribution >= 4 is 23.4 Å². The Kier molecular flexibility index (Phi) is 2.73. The van der Waals surface area contributed by atoms with E-state index in [1.165, 1.54) is 0 Å². The second-order valence-corrected chi connectivity index (χ2v) is 3.79. The summed E-state index contributed by atoms with van der Waals surface area (Å²) < 4.78 is 0. The van der Waals surface area contributed by atoms with Crippen LogP contribution in [0.25, 0.3) is 0 Å². The average Bonchev–Trinajstić information content (AvgIpc) is 2.67. The average molecular weight is 228 g/mol. The van der Waals surface area contributed by atoms with Crippen molar-refractivity contribution in [2.75, 3.05) is 11.4 Å². The number of carbonyl (C=O) groups is 1. The summed E-state index contributed by atoms with van der Waals surface area (Å²) >= 11 is 5.61. The third-order valence-corrected chi connectivity index (χ3v) is 2.65. The lowest BCUT2D eigenvalue weighted by Crippen LogP contribution is -2.36. The van der Waals surface area contributed by atoms with Crippen LogP contribution in [0.5, 0.6) is 0 Å². The number of carboxylic acids is 1. The van der Waals surface area contributed by atoms with Gasteiger partial charge < -0.3 is 10.0 Å². The molecule has 2 rings (SSSR count). The number of aliphatic carboxylic acids is 1. The van der Waals surface area contributed by atoms with Crippen LogP contribution in [0.4, 0.5) is 5.82 Å². The van der Waals surface area contributed by atoms with Crippen LogP contribution in [0, 0.1) is 0 Å². The van der Waals surface area contributed by atoms with Crippen molar-refractivity contribution in [2.45, 2.75) is 18.9 Å². The molecule has 15 heavy (non-hydrogen) atoms. The molecule has 1 saturated heterocycles. The van der Waals surface area contributed by atoms with Gasteiger partial charge in [-0.3, -0.25) is 0 Å². The van der Waals surface area contributed by atoms with Crippen molar-refractivity contribution in [3.05, 3.63) is 17.3 Å². The highest BCUT2D eigenvalue weighted by Crippen LogP contribution is 2.23. The Balaban J connectivity index is 2.22. The lowest BCUT2D eigenvalue weighted by molar-refractivity contribution is -0.138. The zero-order valence-corrected chi connectivity index (χ0v) is 8.68. The number of rotatable bonds is 2. The maximum absolute atomic E-state index is 10.9. The fourth-order valence-electron chi connectivity index (χ4n) is 1.76. The predicted molar refractivity (Wildman–Crippen MR) is 55.0 cm³/mol. The van der Waals surface area contributed by atoms with Crippen molar-refractivity contribution in [1.82, 2.24) is 10.2 Å². The van der Waals surface area contributed by atoms with Crippen LogP contribution in [0.3, 0.4) is 0 Å². The lowest BCUT2D eigenvalue weighted by atomic mass is 10.2. The van der Waals surface area contributed by atoms with Crippen molar-refractivity contribution in [3.8, 4) is 0 Å². The molecule has 0 amide bonds. The number of aromatic nitrogens is 2. The van der Waals surface area contributed by atoms with Crippen molar-refractivity contribution in [3.63, 3.8) is 0 Å². The molecule has 1 aromatic heterocycles. The second-order valence-electron chi connectivity index (χ2n) is 3.40. The van der Waals surface area contributed by atoms with Crippen LogP contribution in [-0.4, -0.2) is 33.9 Å². The zero-order valence-electron chi connectivity index (χ0n) is 7.93. The molecule has 0 aromatic carbocycles. The van der Waals surface area contributed by atoms with Crippen LogP contribution in [-0.2, 0) is 4.79 Å². The predicted octanol–water partition coefficient (Wildman–Crippen LogP) is 1.18. The van der Waals surface area contributed by atoms with Gasteiger partial charge in [0.1, 0.15) is 6.04 Å². The summed E-state index contributed by atoms with van der Waals surface area (Å²) in [7, 11) is 0. The summed E-state index contributed by atoms with van der Waals surface area (Å²) in [6, 6.07) is 2.82. The number of anilines is 1. The van der Waals surface area contributed by atoms with Gasteiger partial charge in [-0.05, 0) is 25.0 Å². The van der Waals surface area contributed by atoms with Gasteiger partial charge in [-0.25, -0.2) is 4.79 Å². The maximum atomic E-state index is 10.9. The Bertz CT molecular complexity index is 368. The van der Waals surface area contributed by atoms with Crippen molar-refractivity contribution in [2.24, 2.45) is 0 Å². The monoisotopic (exact) mass is 227 g/mol. The molecule has 1 fully saturated rings. The highest BCUT2D eigenvalue weighted by Gasteiger charge is 2.31. The van der Waals surface area contributed by atoms with Gasteiger partial charge in [0.15, 0.2) is 11.0 Å². The highest BCUT2D eigenvalue weighted by atomic mass is 35.5. The highest BCUT2D eigenvalue weighted by molar-refractivity contribution is 6.29. The molecular weight excluding hydrogens is 218 g/mol. The fraction of sp³-hybridized carbons (Fsp3) is 0.444. The number of nitrogens with zero attached hydrogens (tertiary/aromatic N) is 3. The van der Waals surface area contributed by atoms with E-state index in [2.05, 4.69) is 10.2 Å². The first-order valence-electron chi connectivity index (χ1n) is 4.67. The summed E-state index contributed by atoms with van der Waals surface area (Å²) in [4.78, 5) is 12.7. The first kappa shape index (κ1) is 10.2. The third kappa shape index (κ3) is 2.02. The Labute approximate surface area is 91.7 Å². The van der Waals surface area contributed by atoms with Gasteiger partial charge in [-0.1, -0.05) is 11.6 Å². The molecule has 0 bridgehead atoms. The quantitative estimate of drug-likeness (QED) is 0.822. The van der Waals surface area contributed by atoms with Gasteiger partial charge in [0.2, 0.25) is 0 Å². The standard InChI is InChI=1S/C9H10ClN3O2/c10-7-3-4-8(12-11-7)13-5-1-2-6(13)9(14)15/h3-4,6H,1-2,5H2,(H,14,15)/t6-/m1/s1. The minimum Gasteiger partial charge on any atom is -0.480 e. The van der Waals surface area contributed by atoms with E-state index in [4.69, 9.17) is 16.7 Å². The van der Waals surface area contributed by atoms with Gasteiger partial charge in [0.25, 0.3) is 0 Å². The van der Waals surface area contributed by atoms with E-state index in [-0.39, 0.29) is 0 Å². The van der Waals surface area contributed by atoms with Crippen LogP contribution in [0.15, 0.2) is 12.1 Å². The molecule has 5 nitrogen and oxygen atoms in total. The first-order valence-corrected chi connectivity index (χ1v) is 5.05. The molecule has 80 valence electrons. The summed E-state index contributed by atoms with van der Waals surface area (Å²) in [6.45, 7) is 0.702. The lowest BCUT2D eigenvalue weighted by Gasteiger charge is -2.21. The third-order valence-electron chi connectivity index (χ3n) is 2.45. The molecule has 2 heterocycles. The van der Waals surface area contributed by atoms with Crippen LogP contribution in [0.1, 0.15) is 12.8 Å². The summed E-state index contributed by atoms with van der Waals surface area (Å²) in [6.07, 6.45) is 1.51. The number of hydrogen-bond donors (Lipinski definition) is 1. The van der Waals surface area contributed by atoms with Gasteiger partial charge in [-0.2, -0.15) is 0 Å². The van der Waals surface area contributed by atoms with Gasteiger partial charge >= 0.3 is 5.97 Å². The molecule has 0 saturated carbocycles. The van der Waals surface area contributed by atoms with E-state index in [1.807, 2.05) is 0 Å². The molecule has 0 spiro atoms. The normalized spacial score (nSPS) is 20.6. The molecule has 1 atom stereocenters. The smallest absolute Gasteiger partial charge is 0.326 e. The Morgan fingerprint density at radius 2 is 2.33 bits per heavy atom. The molecule has 1 aromatic rings. The summed E-state index contributed by atoms with van der Waals surface area (Å²) in [5.74, 6) is -0.242. The first-order chi connectivity index (χ1) is 7.18. The summed E-state index contributed by atoms with van der Waals surface area (Å²) in [5.41, 5.74) is 0. The van der Waals surface area contributed by atoms with Gasteiger partial charge in [0.05, 0.1) is 0 Å². The van der Waals surface area contributed by atoms with E-state index in [9.17, 15) is 4.79 Å². The SMILES string of the molecule is O=C(O)[C@H]1CCCN1c1ccc(Cl)nn1. The van der Waals surface area contributed by atoms with Gasteiger partial charge in [-0.15, -0.1) is 10.2 Å². The van der Waals surface area contributed by atoms with Crippen LogP contribution >= 0.6 is 11.6 Å². The number of hydrogen-bond acceptors (Lipinski definition) is 4. The number of carboxylic acid groups (broad SMARTS) is 1. The maximum Gasteiger partial charge on any atom is 0.326 e. The van der Waals surface area contributed by atoms with E-state index in [0.29, 0.717) is 23.9 Å². The van der Waals surface area contributed by atoms with E-state index in [1.54, 1.807) is 17.0 Å². The van der Waals surface area contributed by atoms with Gasteiger partial charge in [0, 0.05) is 6.54 Å². The van der Waals surface area contributed by atoms with Crippen molar-refractivity contribution < 1.29 is 9.90 Å². The minimum atomic E-state index is -0.816. The molecule has 1 aliphatic rings. The second kappa shape index (κ2) is 4.02. The van der Waals surface area contributed by atoms with Crippen LogP contribution in [0.2, 0.25) is 5.15 Å². The zero-order chi connectivity index (χ0) is 10.8. The molecule has 0 radical (unpaired) electrons. The molecule has 0 aliphatic carbocycles. The molecule has 0 unspecified atom stereocenters. The summed E-state index contributed by atoms with van der Waals surface area (Å²) in [5, 5.41) is 16.9. The molecule has 1 aliphatic heterocycles. The molecule has 6 heteroatoms. The Morgan fingerprint density at radius 3 is 2.93 bits per heavy atom. The fourth-order valence-corrected chi connectivity index (χ4v) is 1.86. The topological polar surface area (TPSA) is 66.3 Å². The van der Waals surface area contributed by atoms with E-state index >= 15 is 0 Å². The minimum absolute atomic E-state index is 0.310. The number of halogens is 1. The van der Waals surface area contributed by atoms with E-state index in [0.717, 1.165) is 6.42 Å². The van der Waals surface area contributed by atoms with E-state index < -0.39 is 12.0 Å². The Hall–Kier alpha value is -1.36. The molecule has 1 N–H and O–H groups in total. The molecular formula is C9H10ClN3O2. The largest absolute Gasteiger partial charge is 0.480 e. The van der Waals surface area contributed by atoms with Crippen LogP contribution < -0.4 is 4.90 Å². The van der Waals surface area contributed by atoms with Crippen molar-refractivity contribution in [1.29, 1.82) is 0 Å².